The Kier molecular flexibility index (Phi) is 11.4. The number of aliphatic hydroxyl groups is 1. The summed E-state index contributed by atoms with van der Waals surface area (Å²) in [6.07, 6.45) is -0.739. The SMILES string of the molecule is O=C[C@H](CO)NC(=O)[C@H](CCC(=O)NC(c1ccccc1)(c1ccccc1)c1ccccc1)NC(=O)OCc1ccccc1. The number of rotatable bonds is 14. The molecule has 0 saturated carbocycles. The largest absolute Gasteiger partial charge is 0.445 e. The van der Waals surface area contributed by atoms with Crippen LogP contribution in [0.5, 0.6) is 0 Å². The van der Waals surface area contributed by atoms with Crippen molar-refractivity contribution < 1.29 is 29.0 Å². The second-order valence-electron chi connectivity index (χ2n) is 10.1. The fourth-order valence-electron chi connectivity index (χ4n) is 4.91. The molecule has 4 aromatic carbocycles. The molecule has 0 unspecified atom stereocenters. The lowest BCUT2D eigenvalue weighted by atomic mass is 9.77. The molecule has 0 bridgehead atoms. The molecule has 44 heavy (non-hydrogen) atoms. The van der Waals surface area contributed by atoms with E-state index in [1.807, 2.05) is 97.1 Å². The molecule has 3 amide bonds. The van der Waals surface area contributed by atoms with Crippen LogP contribution in [0.2, 0.25) is 0 Å². The smallest absolute Gasteiger partial charge is 0.408 e. The second kappa shape index (κ2) is 15.8. The van der Waals surface area contributed by atoms with Crippen LogP contribution in [-0.4, -0.2) is 48.0 Å². The molecule has 0 fully saturated rings. The summed E-state index contributed by atoms with van der Waals surface area (Å²) < 4.78 is 5.28. The van der Waals surface area contributed by atoms with Crippen LogP contribution < -0.4 is 16.0 Å². The van der Waals surface area contributed by atoms with Gasteiger partial charge in [-0.1, -0.05) is 121 Å². The average molecular weight is 594 g/mol. The number of carbonyl (C=O) groups excluding carboxylic acids is 4. The van der Waals surface area contributed by atoms with Gasteiger partial charge in [0.2, 0.25) is 11.8 Å². The predicted molar refractivity (Wildman–Crippen MR) is 165 cm³/mol. The van der Waals surface area contributed by atoms with Crippen LogP contribution in [0.3, 0.4) is 0 Å². The Morgan fingerprint density at radius 2 is 1.20 bits per heavy atom. The molecule has 2 atom stereocenters. The van der Waals surface area contributed by atoms with Crippen molar-refractivity contribution in [1.29, 1.82) is 0 Å². The summed E-state index contributed by atoms with van der Waals surface area (Å²) >= 11 is 0. The Morgan fingerprint density at radius 3 is 1.66 bits per heavy atom. The molecule has 0 spiro atoms. The van der Waals surface area contributed by atoms with Crippen molar-refractivity contribution in [3.05, 3.63) is 144 Å². The van der Waals surface area contributed by atoms with E-state index in [1.165, 1.54) is 0 Å². The van der Waals surface area contributed by atoms with Crippen molar-refractivity contribution in [3.8, 4) is 0 Å². The summed E-state index contributed by atoms with van der Waals surface area (Å²) in [5, 5.41) is 17.5. The fourth-order valence-corrected chi connectivity index (χ4v) is 4.91. The number of alkyl carbamates (subject to hydrolysis) is 1. The molecule has 9 nitrogen and oxygen atoms in total. The number of amides is 3. The molecular weight excluding hydrogens is 558 g/mol. The van der Waals surface area contributed by atoms with E-state index in [2.05, 4.69) is 16.0 Å². The summed E-state index contributed by atoms with van der Waals surface area (Å²) in [6.45, 7) is -0.641. The minimum absolute atomic E-state index is 0.0250. The topological polar surface area (TPSA) is 134 Å². The van der Waals surface area contributed by atoms with Crippen molar-refractivity contribution in [2.24, 2.45) is 0 Å². The summed E-state index contributed by atoms with van der Waals surface area (Å²) in [4.78, 5) is 50.7. The van der Waals surface area contributed by atoms with Crippen LogP contribution in [0.25, 0.3) is 0 Å². The Hall–Kier alpha value is -5.28. The van der Waals surface area contributed by atoms with Crippen molar-refractivity contribution >= 4 is 24.2 Å². The normalized spacial score (nSPS) is 12.3. The first-order valence-corrected chi connectivity index (χ1v) is 14.3. The van der Waals surface area contributed by atoms with Gasteiger partial charge in [0.05, 0.1) is 6.61 Å². The van der Waals surface area contributed by atoms with E-state index in [-0.39, 0.29) is 25.4 Å². The maximum absolute atomic E-state index is 13.8. The predicted octanol–water partition coefficient (Wildman–Crippen LogP) is 3.85. The number of ether oxygens (including phenoxy) is 1. The summed E-state index contributed by atoms with van der Waals surface area (Å²) in [5.74, 6) is -1.12. The molecule has 4 N–H and O–H groups in total. The molecule has 0 heterocycles. The number of carbonyl (C=O) groups is 4. The van der Waals surface area contributed by atoms with Crippen LogP contribution in [0.1, 0.15) is 35.1 Å². The molecule has 4 rings (SSSR count). The van der Waals surface area contributed by atoms with E-state index in [9.17, 15) is 24.3 Å². The molecule has 9 heteroatoms. The van der Waals surface area contributed by atoms with Crippen molar-refractivity contribution in [3.63, 3.8) is 0 Å². The highest BCUT2D eigenvalue weighted by atomic mass is 16.5. The molecule has 0 aliphatic heterocycles. The molecule has 0 radical (unpaired) electrons. The Bertz CT molecular complexity index is 1400. The Labute approximate surface area is 256 Å². The van der Waals surface area contributed by atoms with Gasteiger partial charge >= 0.3 is 6.09 Å². The highest BCUT2D eigenvalue weighted by Gasteiger charge is 2.38. The van der Waals surface area contributed by atoms with Gasteiger partial charge in [-0.3, -0.25) is 9.59 Å². The lowest BCUT2D eigenvalue weighted by Crippen LogP contribution is -2.52. The van der Waals surface area contributed by atoms with Gasteiger partial charge in [0.1, 0.15) is 30.5 Å². The third-order valence-electron chi connectivity index (χ3n) is 7.12. The van der Waals surface area contributed by atoms with Crippen LogP contribution in [0.4, 0.5) is 4.79 Å². The number of benzene rings is 4. The van der Waals surface area contributed by atoms with Gasteiger partial charge in [-0.25, -0.2) is 4.79 Å². The summed E-state index contributed by atoms with van der Waals surface area (Å²) in [7, 11) is 0. The van der Waals surface area contributed by atoms with Gasteiger partial charge in [0.15, 0.2) is 0 Å². The third kappa shape index (κ3) is 8.17. The standard InChI is InChI=1S/C35H35N3O6/c39-23-30(24-40)36-33(42)31(37-34(43)44-25-26-13-5-1-6-14-26)21-22-32(41)38-35(27-15-7-2-8-16-27,28-17-9-3-10-18-28)29-19-11-4-12-20-29/h1-20,23,30-31,40H,21-22,24-25H2,(H,36,42)(H,37,43)(H,38,41)/t30-,31+/m1/s1. The first kappa shape index (κ1) is 31.7. The Morgan fingerprint density at radius 1 is 0.727 bits per heavy atom. The second-order valence-corrected chi connectivity index (χ2v) is 10.1. The summed E-state index contributed by atoms with van der Waals surface area (Å²) in [5.41, 5.74) is 2.20. The van der Waals surface area contributed by atoms with Gasteiger partial charge < -0.3 is 30.6 Å². The number of nitrogens with one attached hydrogen (secondary N) is 3. The van der Waals surface area contributed by atoms with Gasteiger partial charge in [0, 0.05) is 6.42 Å². The zero-order chi connectivity index (χ0) is 31.2. The first-order chi connectivity index (χ1) is 21.5. The van der Waals surface area contributed by atoms with Crippen molar-refractivity contribution in [2.75, 3.05) is 6.61 Å². The monoisotopic (exact) mass is 593 g/mol. The average Bonchev–Trinajstić information content (AvgIpc) is 3.08. The molecule has 0 aliphatic carbocycles. The quantitative estimate of drug-likeness (QED) is 0.130. The highest BCUT2D eigenvalue weighted by Crippen LogP contribution is 2.36. The molecular formula is C35H35N3O6. The maximum atomic E-state index is 13.8. The molecule has 0 aliphatic rings. The number of hydrogen-bond donors (Lipinski definition) is 4. The van der Waals surface area contributed by atoms with Gasteiger partial charge in [-0.05, 0) is 28.7 Å². The minimum atomic E-state index is -1.22. The van der Waals surface area contributed by atoms with E-state index >= 15 is 0 Å². The fraction of sp³-hybridized carbons (Fsp3) is 0.200. The van der Waals surface area contributed by atoms with E-state index < -0.39 is 36.2 Å². The zero-order valence-corrected chi connectivity index (χ0v) is 24.1. The lowest BCUT2D eigenvalue weighted by Gasteiger charge is -2.37. The van der Waals surface area contributed by atoms with Crippen LogP contribution in [-0.2, 0) is 31.3 Å². The zero-order valence-electron chi connectivity index (χ0n) is 24.1. The highest BCUT2D eigenvalue weighted by molar-refractivity contribution is 5.88. The van der Waals surface area contributed by atoms with Crippen LogP contribution in [0.15, 0.2) is 121 Å². The number of hydrogen-bond acceptors (Lipinski definition) is 6. The minimum Gasteiger partial charge on any atom is -0.445 e. The molecule has 226 valence electrons. The van der Waals surface area contributed by atoms with E-state index in [4.69, 9.17) is 4.74 Å². The first-order valence-electron chi connectivity index (χ1n) is 14.3. The molecule has 0 aromatic heterocycles. The van der Waals surface area contributed by atoms with Crippen LogP contribution >= 0.6 is 0 Å². The van der Waals surface area contributed by atoms with Gasteiger partial charge in [-0.15, -0.1) is 0 Å². The van der Waals surface area contributed by atoms with Gasteiger partial charge in [-0.2, -0.15) is 0 Å². The van der Waals surface area contributed by atoms with E-state index in [0.717, 1.165) is 22.3 Å². The van der Waals surface area contributed by atoms with Crippen molar-refractivity contribution in [1.82, 2.24) is 16.0 Å². The van der Waals surface area contributed by atoms with E-state index in [1.54, 1.807) is 24.3 Å². The van der Waals surface area contributed by atoms with E-state index in [0.29, 0.717) is 6.29 Å². The number of aldehydes is 1. The van der Waals surface area contributed by atoms with Crippen molar-refractivity contribution in [2.45, 2.75) is 37.1 Å². The summed E-state index contributed by atoms with van der Waals surface area (Å²) in [6, 6.07) is 35.4. The molecule has 0 saturated heterocycles. The van der Waals surface area contributed by atoms with Crippen LogP contribution in [0, 0.1) is 0 Å². The third-order valence-corrected chi connectivity index (χ3v) is 7.12. The number of aliphatic hydroxyl groups excluding tert-OH is 1. The lowest BCUT2D eigenvalue weighted by molar-refractivity contribution is -0.127. The maximum Gasteiger partial charge on any atom is 0.408 e. The Balaban J connectivity index is 1.57. The molecule has 4 aromatic rings. The van der Waals surface area contributed by atoms with Gasteiger partial charge in [0.25, 0.3) is 0 Å².